The first kappa shape index (κ1) is 8.80. The Morgan fingerprint density at radius 2 is 1.71 bits per heavy atom. The Bertz CT molecular complexity index is 287. The summed E-state index contributed by atoms with van der Waals surface area (Å²) in [6.45, 7) is 1.50. The number of morpholine rings is 1. The molecule has 0 aromatic rings. The van der Waals surface area contributed by atoms with Gasteiger partial charge < -0.3 is 9.64 Å². The van der Waals surface area contributed by atoms with Gasteiger partial charge in [-0.1, -0.05) is 12.2 Å². The summed E-state index contributed by atoms with van der Waals surface area (Å²) < 4.78 is 6.07. The van der Waals surface area contributed by atoms with Gasteiger partial charge in [-0.3, -0.25) is 4.79 Å². The summed E-state index contributed by atoms with van der Waals surface area (Å²) in [4.78, 5) is 13.4. The maximum Gasteiger partial charge on any atom is 0.257 e. The third kappa shape index (κ3) is 1.28. The van der Waals surface area contributed by atoms with Crippen LogP contribution in [-0.4, -0.2) is 40.5 Å². The van der Waals surface area contributed by atoms with Gasteiger partial charge in [0.25, 0.3) is 5.91 Å². The van der Waals surface area contributed by atoms with Crippen molar-refractivity contribution >= 4 is 23.5 Å². The molecule has 1 amide bonds. The fourth-order valence-electron chi connectivity index (χ4n) is 2.30. The summed E-state index contributed by atoms with van der Waals surface area (Å²) in [5, 5.41) is 1.25. The highest BCUT2D eigenvalue weighted by molar-refractivity contribution is 7.80. The summed E-state index contributed by atoms with van der Waals surface area (Å²) in [5.41, 5.74) is 0.0332. The minimum atomic E-state index is -0.0131. The molecule has 0 unspecified atom stereocenters. The summed E-state index contributed by atoms with van der Waals surface area (Å²) in [6, 6.07) is 0. The first-order valence-corrected chi connectivity index (χ1v) is 5.59. The van der Waals surface area contributed by atoms with Crippen molar-refractivity contribution in [2.24, 2.45) is 0 Å². The van der Waals surface area contributed by atoms with E-state index >= 15 is 0 Å². The van der Waals surface area contributed by atoms with Gasteiger partial charge in [-0.25, -0.2) is 0 Å². The molecular formula is C10H13NO2S. The van der Waals surface area contributed by atoms with Crippen molar-refractivity contribution in [3.8, 4) is 0 Å². The Kier molecular flexibility index (Phi) is 1.60. The molecule has 1 heterocycles. The Hall–Kier alpha value is -0.480. The SMILES string of the molecule is O=C(C=S)N1CC2(CC2)OC2(CC2)C1. The molecule has 3 fully saturated rings. The Labute approximate surface area is 88.4 Å². The molecule has 3 rings (SSSR count). The van der Waals surface area contributed by atoms with Gasteiger partial charge in [-0.05, 0) is 25.7 Å². The zero-order valence-electron chi connectivity index (χ0n) is 7.99. The Morgan fingerprint density at radius 3 is 2.07 bits per heavy atom. The van der Waals surface area contributed by atoms with Gasteiger partial charge in [0.05, 0.1) is 29.7 Å². The number of nitrogens with zero attached hydrogens (tertiary/aromatic N) is 1. The third-order valence-electron chi connectivity index (χ3n) is 3.42. The standard InChI is InChI=1S/C10H13NO2S/c12-8(5-14)11-6-9(1-2-9)13-10(7-11)3-4-10/h5H,1-4,6-7H2. The minimum absolute atomic E-state index is 0.0131. The van der Waals surface area contributed by atoms with Gasteiger partial charge in [0, 0.05) is 0 Å². The molecule has 4 heteroatoms. The molecule has 3 nitrogen and oxygen atoms in total. The largest absolute Gasteiger partial charge is 0.365 e. The van der Waals surface area contributed by atoms with Crippen molar-refractivity contribution in [1.29, 1.82) is 0 Å². The van der Waals surface area contributed by atoms with E-state index in [0.717, 1.165) is 38.8 Å². The number of thiocarbonyl (C=S) groups is 1. The molecule has 0 aromatic carbocycles. The van der Waals surface area contributed by atoms with Crippen LogP contribution < -0.4 is 0 Å². The number of hydrogen-bond acceptors (Lipinski definition) is 3. The smallest absolute Gasteiger partial charge is 0.257 e. The fraction of sp³-hybridized carbons (Fsp3) is 0.800. The molecule has 2 spiro atoms. The topological polar surface area (TPSA) is 29.5 Å². The molecule has 1 saturated heterocycles. The van der Waals surface area contributed by atoms with Crippen molar-refractivity contribution in [3.63, 3.8) is 0 Å². The van der Waals surface area contributed by atoms with Crippen LogP contribution in [0.5, 0.6) is 0 Å². The van der Waals surface area contributed by atoms with Crippen molar-refractivity contribution < 1.29 is 9.53 Å². The van der Waals surface area contributed by atoms with Crippen LogP contribution in [0.1, 0.15) is 25.7 Å². The summed E-state index contributed by atoms with van der Waals surface area (Å²) in [5.74, 6) is -0.0131. The van der Waals surface area contributed by atoms with Crippen LogP contribution in [0.3, 0.4) is 0 Å². The predicted octanol–water partition coefficient (Wildman–Crippen LogP) is 0.910. The quantitative estimate of drug-likeness (QED) is 0.604. The lowest BCUT2D eigenvalue weighted by Gasteiger charge is -2.38. The van der Waals surface area contributed by atoms with Gasteiger partial charge in [-0.15, -0.1) is 0 Å². The minimum Gasteiger partial charge on any atom is -0.365 e. The van der Waals surface area contributed by atoms with Crippen LogP contribution in [0.4, 0.5) is 0 Å². The number of carbonyl (C=O) groups is 1. The van der Waals surface area contributed by atoms with E-state index in [9.17, 15) is 4.79 Å². The van der Waals surface area contributed by atoms with Crippen LogP contribution in [0.15, 0.2) is 0 Å². The van der Waals surface area contributed by atoms with Crippen molar-refractivity contribution in [2.45, 2.75) is 36.9 Å². The second kappa shape index (κ2) is 2.55. The molecule has 2 saturated carbocycles. The van der Waals surface area contributed by atoms with Gasteiger partial charge >= 0.3 is 0 Å². The van der Waals surface area contributed by atoms with Crippen LogP contribution in [0.2, 0.25) is 0 Å². The third-order valence-corrected chi connectivity index (χ3v) is 3.62. The normalized spacial score (nSPS) is 30.4. The average molecular weight is 211 g/mol. The molecule has 76 valence electrons. The fourth-order valence-corrected chi connectivity index (χ4v) is 2.45. The molecule has 0 N–H and O–H groups in total. The number of ether oxygens (including phenoxy) is 1. The average Bonchev–Trinajstić information content (AvgIpc) is 3.07. The molecule has 14 heavy (non-hydrogen) atoms. The van der Waals surface area contributed by atoms with Gasteiger partial charge in [-0.2, -0.15) is 0 Å². The number of rotatable bonds is 1. The van der Waals surface area contributed by atoms with E-state index < -0.39 is 0 Å². The summed E-state index contributed by atoms with van der Waals surface area (Å²) in [6.07, 6.45) is 4.43. The molecule has 0 bridgehead atoms. The molecule has 0 atom stereocenters. The first-order valence-electron chi connectivity index (χ1n) is 5.11. The molecule has 0 aromatic heterocycles. The molecule has 1 aliphatic heterocycles. The zero-order chi connectivity index (χ0) is 9.81. The van der Waals surface area contributed by atoms with Crippen molar-refractivity contribution in [1.82, 2.24) is 4.90 Å². The molecule has 2 aliphatic carbocycles. The van der Waals surface area contributed by atoms with E-state index in [2.05, 4.69) is 12.2 Å². The van der Waals surface area contributed by atoms with Crippen molar-refractivity contribution in [2.75, 3.05) is 13.1 Å². The number of amides is 1. The maximum atomic E-state index is 11.5. The van der Waals surface area contributed by atoms with Gasteiger partial charge in [0.1, 0.15) is 0 Å². The van der Waals surface area contributed by atoms with Gasteiger partial charge in [0.15, 0.2) is 0 Å². The highest BCUT2D eigenvalue weighted by Gasteiger charge is 2.60. The molecular weight excluding hydrogens is 198 g/mol. The highest BCUT2D eigenvalue weighted by atomic mass is 32.1. The Balaban J connectivity index is 1.80. The van der Waals surface area contributed by atoms with Crippen LogP contribution >= 0.6 is 12.2 Å². The van der Waals surface area contributed by atoms with E-state index in [4.69, 9.17) is 4.74 Å². The van der Waals surface area contributed by atoms with Crippen LogP contribution in [0.25, 0.3) is 0 Å². The van der Waals surface area contributed by atoms with Crippen molar-refractivity contribution in [3.05, 3.63) is 0 Å². The lowest BCUT2D eigenvalue weighted by atomic mass is 10.1. The number of hydrogen-bond donors (Lipinski definition) is 0. The van der Waals surface area contributed by atoms with E-state index in [-0.39, 0.29) is 17.1 Å². The maximum absolute atomic E-state index is 11.5. The number of carbonyl (C=O) groups excluding carboxylic acids is 1. The van der Waals surface area contributed by atoms with Crippen LogP contribution in [-0.2, 0) is 9.53 Å². The summed E-state index contributed by atoms with van der Waals surface area (Å²) >= 11 is 4.69. The second-order valence-corrected chi connectivity index (χ2v) is 5.02. The van der Waals surface area contributed by atoms with E-state index in [1.807, 2.05) is 4.90 Å². The van der Waals surface area contributed by atoms with E-state index in [1.165, 1.54) is 5.37 Å². The lowest BCUT2D eigenvalue weighted by molar-refractivity contribution is -0.147. The second-order valence-electron chi connectivity index (χ2n) is 4.78. The molecule has 0 radical (unpaired) electrons. The Morgan fingerprint density at radius 1 is 1.21 bits per heavy atom. The van der Waals surface area contributed by atoms with Gasteiger partial charge in [0.2, 0.25) is 0 Å². The van der Waals surface area contributed by atoms with E-state index in [0.29, 0.717) is 0 Å². The van der Waals surface area contributed by atoms with E-state index in [1.54, 1.807) is 0 Å². The lowest BCUT2D eigenvalue weighted by Crippen LogP contribution is -2.52. The monoisotopic (exact) mass is 211 g/mol. The predicted molar refractivity (Wildman–Crippen MR) is 55.3 cm³/mol. The van der Waals surface area contributed by atoms with Crippen LogP contribution in [0, 0.1) is 0 Å². The molecule has 3 aliphatic rings. The highest BCUT2D eigenvalue weighted by Crippen LogP contribution is 2.54. The zero-order valence-corrected chi connectivity index (χ0v) is 8.81. The summed E-state index contributed by atoms with van der Waals surface area (Å²) in [7, 11) is 0. The first-order chi connectivity index (χ1) is 6.67.